The molecule has 2 aliphatic rings. The average molecular weight is 247 g/mol. The molecule has 1 atom stereocenters. The van der Waals surface area contributed by atoms with Gasteiger partial charge in [0.05, 0.1) is 13.2 Å². The molecule has 0 aliphatic carbocycles. The van der Waals surface area contributed by atoms with Gasteiger partial charge in [-0.1, -0.05) is 6.07 Å². The maximum Gasteiger partial charge on any atom is 0.153 e. The van der Waals surface area contributed by atoms with E-state index in [1.165, 1.54) is 16.7 Å². The second kappa shape index (κ2) is 4.90. The van der Waals surface area contributed by atoms with Gasteiger partial charge < -0.3 is 9.47 Å². The number of nitrogens with zero attached hydrogens (tertiary/aromatic N) is 1. The Morgan fingerprint density at radius 2 is 1.83 bits per heavy atom. The zero-order chi connectivity index (χ0) is 12.5. The molecule has 0 radical (unpaired) electrons. The monoisotopic (exact) mass is 247 g/mol. The van der Waals surface area contributed by atoms with Crippen LogP contribution in [0.5, 0.6) is 5.75 Å². The third-order valence-corrected chi connectivity index (χ3v) is 4.05. The van der Waals surface area contributed by atoms with Crippen molar-refractivity contribution in [3.05, 3.63) is 28.8 Å². The molecule has 0 aromatic heterocycles. The van der Waals surface area contributed by atoms with Gasteiger partial charge in [-0.15, -0.1) is 0 Å². The van der Waals surface area contributed by atoms with E-state index in [-0.39, 0.29) is 6.23 Å². The molecule has 3 rings (SSSR count). The molecule has 98 valence electrons. The summed E-state index contributed by atoms with van der Waals surface area (Å²) < 4.78 is 11.6. The van der Waals surface area contributed by atoms with Crippen LogP contribution in [0.1, 0.15) is 23.1 Å². The molecular weight excluding hydrogens is 226 g/mol. The van der Waals surface area contributed by atoms with Gasteiger partial charge >= 0.3 is 0 Å². The number of morpholine rings is 1. The van der Waals surface area contributed by atoms with E-state index in [2.05, 4.69) is 30.9 Å². The van der Waals surface area contributed by atoms with Crippen LogP contribution in [0.2, 0.25) is 0 Å². The summed E-state index contributed by atoms with van der Waals surface area (Å²) in [5.74, 6) is 1.08. The Bertz CT molecular complexity index is 438. The summed E-state index contributed by atoms with van der Waals surface area (Å²) in [7, 11) is 0. The highest BCUT2D eigenvalue weighted by atomic mass is 16.5. The maximum absolute atomic E-state index is 6.18. The van der Waals surface area contributed by atoms with Gasteiger partial charge in [0.25, 0.3) is 0 Å². The van der Waals surface area contributed by atoms with Crippen molar-refractivity contribution in [3.63, 3.8) is 0 Å². The van der Waals surface area contributed by atoms with Crippen LogP contribution in [0.25, 0.3) is 0 Å². The maximum atomic E-state index is 6.18. The lowest BCUT2D eigenvalue weighted by molar-refractivity contribution is -0.0534. The zero-order valence-electron chi connectivity index (χ0n) is 11.2. The van der Waals surface area contributed by atoms with Gasteiger partial charge in [-0.2, -0.15) is 0 Å². The third-order valence-electron chi connectivity index (χ3n) is 4.05. The Morgan fingerprint density at radius 1 is 1.11 bits per heavy atom. The van der Waals surface area contributed by atoms with Crippen molar-refractivity contribution in [2.75, 3.05) is 26.3 Å². The van der Waals surface area contributed by atoms with Crippen molar-refractivity contribution < 1.29 is 9.47 Å². The molecular formula is C15H21NO2. The normalized spacial score (nSPS) is 24.4. The van der Waals surface area contributed by atoms with E-state index in [4.69, 9.17) is 9.47 Å². The summed E-state index contributed by atoms with van der Waals surface area (Å²) in [6.45, 7) is 7.97. The molecule has 1 fully saturated rings. The summed E-state index contributed by atoms with van der Waals surface area (Å²) in [4.78, 5) is 2.40. The number of fused-ring (bicyclic) bond motifs is 1. The minimum Gasteiger partial charge on any atom is -0.475 e. The summed E-state index contributed by atoms with van der Waals surface area (Å²) >= 11 is 0. The Kier molecular flexibility index (Phi) is 3.27. The van der Waals surface area contributed by atoms with E-state index in [0.29, 0.717) is 0 Å². The standard InChI is InChI=1S/C15H21NO2/c1-11-9-13-3-4-15(16-5-7-17-8-6-16)18-14(13)10-12(11)2/h9-10,15H,3-8H2,1-2H3. The highest BCUT2D eigenvalue weighted by Crippen LogP contribution is 2.31. The van der Waals surface area contributed by atoms with Gasteiger partial charge in [0.1, 0.15) is 5.75 Å². The lowest BCUT2D eigenvalue weighted by Gasteiger charge is -2.37. The summed E-state index contributed by atoms with van der Waals surface area (Å²) in [5.41, 5.74) is 4.04. The van der Waals surface area contributed by atoms with E-state index in [0.717, 1.165) is 44.9 Å². The number of benzene rings is 1. The third kappa shape index (κ3) is 2.25. The minimum atomic E-state index is 0.239. The topological polar surface area (TPSA) is 21.7 Å². The fraction of sp³-hybridized carbons (Fsp3) is 0.600. The second-order valence-electron chi connectivity index (χ2n) is 5.30. The van der Waals surface area contributed by atoms with E-state index >= 15 is 0 Å². The fourth-order valence-electron chi connectivity index (χ4n) is 2.76. The quantitative estimate of drug-likeness (QED) is 0.760. The number of ether oxygens (including phenoxy) is 2. The SMILES string of the molecule is Cc1cc2c(cc1C)OC(N1CCOCC1)CC2. The van der Waals surface area contributed by atoms with Crippen molar-refractivity contribution >= 4 is 0 Å². The van der Waals surface area contributed by atoms with Crippen LogP contribution in [0.15, 0.2) is 12.1 Å². The van der Waals surface area contributed by atoms with E-state index in [9.17, 15) is 0 Å². The first-order valence-corrected chi connectivity index (χ1v) is 6.82. The Hall–Kier alpha value is -1.06. The van der Waals surface area contributed by atoms with Crippen LogP contribution in [-0.4, -0.2) is 37.4 Å². The Balaban J connectivity index is 1.77. The van der Waals surface area contributed by atoms with Gasteiger partial charge in [0.2, 0.25) is 0 Å². The smallest absolute Gasteiger partial charge is 0.153 e. The molecule has 0 spiro atoms. The molecule has 18 heavy (non-hydrogen) atoms. The molecule has 3 nitrogen and oxygen atoms in total. The highest BCUT2D eigenvalue weighted by molar-refractivity contribution is 5.42. The minimum absolute atomic E-state index is 0.239. The molecule has 1 aromatic rings. The number of hydrogen-bond acceptors (Lipinski definition) is 3. The van der Waals surface area contributed by atoms with E-state index in [1.807, 2.05) is 0 Å². The summed E-state index contributed by atoms with van der Waals surface area (Å²) in [6, 6.07) is 4.47. The number of hydrogen-bond donors (Lipinski definition) is 0. The van der Waals surface area contributed by atoms with Crippen molar-refractivity contribution in [3.8, 4) is 5.75 Å². The first-order valence-electron chi connectivity index (χ1n) is 6.82. The first-order chi connectivity index (χ1) is 8.74. The first kappa shape index (κ1) is 12.0. The van der Waals surface area contributed by atoms with Crippen molar-refractivity contribution in [2.45, 2.75) is 32.9 Å². The van der Waals surface area contributed by atoms with E-state index < -0.39 is 0 Å². The van der Waals surface area contributed by atoms with Gasteiger partial charge in [-0.25, -0.2) is 0 Å². The fourth-order valence-corrected chi connectivity index (χ4v) is 2.76. The van der Waals surface area contributed by atoms with Gasteiger partial charge in [-0.3, -0.25) is 4.90 Å². The van der Waals surface area contributed by atoms with Crippen LogP contribution in [-0.2, 0) is 11.2 Å². The zero-order valence-corrected chi connectivity index (χ0v) is 11.2. The molecule has 0 N–H and O–H groups in total. The van der Waals surface area contributed by atoms with Crippen LogP contribution < -0.4 is 4.74 Å². The van der Waals surface area contributed by atoms with Crippen molar-refractivity contribution in [2.24, 2.45) is 0 Å². The second-order valence-corrected chi connectivity index (χ2v) is 5.30. The summed E-state index contributed by atoms with van der Waals surface area (Å²) in [5, 5.41) is 0. The van der Waals surface area contributed by atoms with E-state index in [1.54, 1.807) is 0 Å². The largest absolute Gasteiger partial charge is 0.475 e. The molecule has 0 saturated carbocycles. The molecule has 1 unspecified atom stereocenters. The molecule has 2 heterocycles. The lowest BCUT2D eigenvalue weighted by Crippen LogP contribution is -2.47. The van der Waals surface area contributed by atoms with Gasteiger partial charge in [0, 0.05) is 19.5 Å². The predicted molar refractivity (Wildman–Crippen MR) is 71.0 cm³/mol. The number of aryl methyl sites for hydroxylation is 3. The van der Waals surface area contributed by atoms with Crippen molar-refractivity contribution in [1.82, 2.24) is 4.90 Å². The molecule has 2 aliphatic heterocycles. The number of rotatable bonds is 1. The van der Waals surface area contributed by atoms with Gasteiger partial charge in [0.15, 0.2) is 6.23 Å². The lowest BCUT2D eigenvalue weighted by atomic mass is 9.99. The van der Waals surface area contributed by atoms with Crippen LogP contribution in [0.3, 0.4) is 0 Å². The van der Waals surface area contributed by atoms with Crippen molar-refractivity contribution in [1.29, 1.82) is 0 Å². The molecule has 1 aromatic carbocycles. The highest BCUT2D eigenvalue weighted by Gasteiger charge is 2.27. The van der Waals surface area contributed by atoms with Crippen LogP contribution in [0.4, 0.5) is 0 Å². The molecule has 0 amide bonds. The van der Waals surface area contributed by atoms with Crippen LogP contribution in [0, 0.1) is 13.8 Å². The van der Waals surface area contributed by atoms with Crippen LogP contribution >= 0.6 is 0 Å². The van der Waals surface area contributed by atoms with Gasteiger partial charge in [-0.05, 0) is 43.0 Å². The Labute approximate surface area is 109 Å². The summed E-state index contributed by atoms with van der Waals surface area (Å²) in [6.07, 6.45) is 2.46. The molecule has 1 saturated heterocycles. The Morgan fingerprint density at radius 3 is 2.61 bits per heavy atom. The molecule has 3 heteroatoms. The average Bonchev–Trinajstić information content (AvgIpc) is 2.41. The predicted octanol–water partition coefficient (Wildman–Crippen LogP) is 2.29. The molecule has 0 bridgehead atoms.